The highest BCUT2D eigenvalue weighted by Gasteiger charge is 2.49. The van der Waals surface area contributed by atoms with Crippen molar-refractivity contribution in [3.8, 4) is 0 Å². The number of benzene rings is 2. The number of nitrogens with zero attached hydrogens (tertiary/aromatic N) is 3. The van der Waals surface area contributed by atoms with Crippen LogP contribution in [-0.2, 0) is 12.0 Å². The first-order chi connectivity index (χ1) is 18.5. The van der Waals surface area contributed by atoms with Gasteiger partial charge in [0.2, 0.25) is 5.95 Å². The zero-order chi connectivity index (χ0) is 26.1. The van der Waals surface area contributed by atoms with Gasteiger partial charge in [0.1, 0.15) is 0 Å². The number of amides is 2. The van der Waals surface area contributed by atoms with Gasteiger partial charge in [0.15, 0.2) is 0 Å². The predicted molar refractivity (Wildman–Crippen MR) is 150 cm³/mol. The number of likely N-dealkylation sites (tertiary alicyclic amines) is 1. The molecule has 1 saturated carbocycles. The Morgan fingerprint density at radius 2 is 1.92 bits per heavy atom. The number of pyridine rings is 1. The minimum atomic E-state index is -0.536. The average molecular weight is 531 g/mol. The van der Waals surface area contributed by atoms with E-state index in [4.69, 9.17) is 11.6 Å². The second kappa shape index (κ2) is 10.5. The Morgan fingerprint density at radius 1 is 1.13 bits per heavy atom. The molecule has 1 N–H and O–H groups in total. The monoisotopic (exact) mass is 530 g/mol. The third-order valence-corrected chi connectivity index (χ3v) is 8.46. The second-order valence-electron chi connectivity index (χ2n) is 10.8. The van der Waals surface area contributed by atoms with Gasteiger partial charge in [-0.3, -0.25) is 9.80 Å². The smallest absolute Gasteiger partial charge is 0.322 e. The summed E-state index contributed by atoms with van der Waals surface area (Å²) in [5.41, 5.74) is 5.70. The molecule has 1 aromatic heterocycles. The standard InChI is InChI=1S/C31H32ClFN4O/c32-25-10-6-22(7-11-25)3-2-16-36-17-13-31(14-18-36)21-37(27-5-1-4-26(29(27)31)24-8-9-24)30(38)35-20-23-12-15-34-28(33)19-23/h1-7,10-12,15,19,24H,8-9,13-14,16-18,20-21H2,(H,35,38)/b3-2+. The molecule has 0 unspecified atom stereocenters. The predicted octanol–water partition coefficient (Wildman–Crippen LogP) is 6.53. The number of hydrogen-bond acceptors (Lipinski definition) is 3. The number of rotatable bonds is 6. The van der Waals surface area contributed by atoms with Crippen molar-refractivity contribution in [2.24, 2.45) is 0 Å². The van der Waals surface area contributed by atoms with Crippen molar-refractivity contribution in [1.82, 2.24) is 15.2 Å². The first-order valence-corrected chi connectivity index (χ1v) is 13.8. The molecule has 3 aromatic rings. The van der Waals surface area contributed by atoms with Crippen molar-refractivity contribution in [2.45, 2.75) is 43.6 Å². The highest BCUT2D eigenvalue weighted by atomic mass is 35.5. The summed E-state index contributed by atoms with van der Waals surface area (Å²) in [6.45, 7) is 3.86. The summed E-state index contributed by atoms with van der Waals surface area (Å²) in [5.74, 6) is 0.0797. The van der Waals surface area contributed by atoms with Crippen LogP contribution in [0.5, 0.6) is 0 Å². The zero-order valence-corrected chi connectivity index (χ0v) is 22.1. The van der Waals surface area contributed by atoms with E-state index in [9.17, 15) is 9.18 Å². The van der Waals surface area contributed by atoms with Crippen LogP contribution in [0, 0.1) is 5.95 Å². The Hall–Kier alpha value is -3.22. The molecule has 38 heavy (non-hydrogen) atoms. The molecule has 2 fully saturated rings. The minimum Gasteiger partial charge on any atom is -0.334 e. The molecule has 0 bridgehead atoms. The van der Waals surface area contributed by atoms with Gasteiger partial charge in [-0.05, 0) is 97.3 Å². The zero-order valence-electron chi connectivity index (χ0n) is 21.4. The van der Waals surface area contributed by atoms with Gasteiger partial charge in [0.25, 0.3) is 0 Å². The molecule has 1 spiro atoms. The van der Waals surface area contributed by atoms with Crippen LogP contribution in [0.2, 0.25) is 5.02 Å². The molecule has 3 heterocycles. The molecule has 5 nitrogen and oxygen atoms in total. The lowest BCUT2D eigenvalue weighted by Gasteiger charge is -2.40. The summed E-state index contributed by atoms with van der Waals surface area (Å²) in [5, 5.41) is 3.77. The van der Waals surface area contributed by atoms with Crippen molar-refractivity contribution >= 4 is 29.4 Å². The maximum absolute atomic E-state index is 13.5. The first-order valence-electron chi connectivity index (χ1n) is 13.4. The van der Waals surface area contributed by atoms with Crippen molar-refractivity contribution in [3.05, 3.63) is 100 Å². The minimum absolute atomic E-state index is 0.0228. The van der Waals surface area contributed by atoms with Crippen LogP contribution in [0.3, 0.4) is 0 Å². The van der Waals surface area contributed by atoms with E-state index in [1.54, 1.807) is 6.07 Å². The number of aromatic nitrogens is 1. The topological polar surface area (TPSA) is 48.5 Å². The molecular weight excluding hydrogens is 499 g/mol. The van der Waals surface area contributed by atoms with Gasteiger partial charge in [0.05, 0.1) is 0 Å². The highest BCUT2D eigenvalue weighted by Crippen LogP contribution is 2.53. The summed E-state index contributed by atoms with van der Waals surface area (Å²) in [7, 11) is 0. The molecule has 0 atom stereocenters. The Morgan fingerprint density at radius 3 is 2.66 bits per heavy atom. The largest absolute Gasteiger partial charge is 0.334 e. The number of carbonyl (C=O) groups is 1. The van der Waals surface area contributed by atoms with Crippen molar-refractivity contribution in [2.75, 3.05) is 31.1 Å². The van der Waals surface area contributed by atoms with Crippen LogP contribution in [0.1, 0.15) is 53.9 Å². The van der Waals surface area contributed by atoms with Crippen molar-refractivity contribution < 1.29 is 9.18 Å². The van der Waals surface area contributed by atoms with E-state index >= 15 is 0 Å². The Kier molecular flexibility index (Phi) is 6.93. The summed E-state index contributed by atoms with van der Waals surface area (Å²) >= 11 is 6.00. The van der Waals surface area contributed by atoms with Crippen LogP contribution >= 0.6 is 11.6 Å². The number of nitrogens with one attached hydrogen (secondary N) is 1. The van der Waals surface area contributed by atoms with E-state index in [0.29, 0.717) is 18.0 Å². The summed E-state index contributed by atoms with van der Waals surface area (Å²) < 4.78 is 13.5. The molecule has 1 saturated heterocycles. The van der Waals surface area contributed by atoms with E-state index in [1.807, 2.05) is 29.2 Å². The molecule has 196 valence electrons. The lowest BCUT2D eigenvalue weighted by atomic mass is 9.72. The van der Waals surface area contributed by atoms with E-state index in [0.717, 1.165) is 48.7 Å². The molecule has 3 aliphatic rings. The lowest BCUT2D eigenvalue weighted by Crippen LogP contribution is -2.47. The number of carbonyl (C=O) groups excluding carboxylic acids is 1. The van der Waals surface area contributed by atoms with Crippen LogP contribution in [0.15, 0.2) is 66.9 Å². The van der Waals surface area contributed by atoms with Crippen molar-refractivity contribution in [1.29, 1.82) is 0 Å². The van der Waals surface area contributed by atoms with Gasteiger partial charge < -0.3 is 5.32 Å². The maximum Gasteiger partial charge on any atom is 0.322 e. The number of urea groups is 1. The number of hydrogen-bond donors (Lipinski definition) is 1. The Balaban J connectivity index is 1.17. The molecule has 0 radical (unpaired) electrons. The van der Waals surface area contributed by atoms with Gasteiger partial charge in [-0.1, -0.05) is 48.0 Å². The van der Waals surface area contributed by atoms with Gasteiger partial charge in [0, 0.05) is 42.0 Å². The third-order valence-electron chi connectivity index (χ3n) is 8.21. The fraction of sp³-hybridized carbons (Fsp3) is 0.355. The van der Waals surface area contributed by atoms with E-state index in [1.165, 1.54) is 36.2 Å². The number of halogens is 2. The van der Waals surface area contributed by atoms with Gasteiger partial charge in [-0.2, -0.15) is 4.39 Å². The highest BCUT2D eigenvalue weighted by molar-refractivity contribution is 6.30. The molecule has 2 aromatic carbocycles. The summed E-state index contributed by atoms with van der Waals surface area (Å²) in [6.07, 6.45) is 10.3. The first kappa shape index (κ1) is 25.1. The van der Waals surface area contributed by atoms with Gasteiger partial charge >= 0.3 is 6.03 Å². The number of anilines is 1. The van der Waals surface area contributed by atoms with Crippen LogP contribution in [0.4, 0.5) is 14.9 Å². The van der Waals surface area contributed by atoms with Crippen LogP contribution < -0.4 is 10.2 Å². The summed E-state index contributed by atoms with van der Waals surface area (Å²) in [4.78, 5) is 21.5. The fourth-order valence-corrected chi connectivity index (χ4v) is 6.18. The van der Waals surface area contributed by atoms with Gasteiger partial charge in [-0.15, -0.1) is 0 Å². The third kappa shape index (κ3) is 5.20. The molecule has 2 aliphatic heterocycles. The van der Waals surface area contributed by atoms with E-state index < -0.39 is 5.95 Å². The molecule has 6 rings (SSSR count). The van der Waals surface area contributed by atoms with E-state index in [-0.39, 0.29) is 18.0 Å². The second-order valence-corrected chi connectivity index (χ2v) is 11.2. The molecule has 7 heteroatoms. The van der Waals surface area contributed by atoms with E-state index in [2.05, 4.69) is 45.6 Å². The number of piperidine rings is 1. The van der Waals surface area contributed by atoms with Crippen LogP contribution in [0.25, 0.3) is 6.08 Å². The molecular formula is C31H32ClFN4O. The Bertz CT molecular complexity index is 1350. The number of fused-ring (bicyclic) bond motifs is 2. The normalized spacial score (nSPS) is 18.7. The molecule has 1 aliphatic carbocycles. The van der Waals surface area contributed by atoms with Gasteiger partial charge in [-0.25, -0.2) is 9.78 Å². The quantitative estimate of drug-likeness (QED) is 0.369. The SMILES string of the molecule is O=C(NCc1ccnc(F)c1)N1CC2(CCN(C/C=C/c3ccc(Cl)cc3)CC2)c2c(C3CC3)cccc21. The average Bonchev–Trinajstić information content (AvgIpc) is 3.73. The maximum atomic E-state index is 13.5. The Labute approximate surface area is 228 Å². The van der Waals surface area contributed by atoms with Crippen LogP contribution in [-0.4, -0.2) is 42.1 Å². The van der Waals surface area contributed by atoms with Crippen molar-refractivity contribution in [3.63, 3.8) is 0 Å². The lowest BCUT2D eigenvalue weighted by molar-refractivity contribution is 0.179. The fourth-order valence-electron chi connectivity index (χ4n) is 6.05. The summed E-state index contributed by atoms with van der Waals surface area (Å²) in [6, 6.07) is 17.3. The molecule has 2 amide bonds.